The molecule has 1 aliphatic carbocycles. The molecule has 0 amide bonds. The van der Waals surface area contributed by atoms with Crippen molar-refractivity contribution in [3.63, 3.8) is 0 Å². The molecule has 3 aromatic heterocycles. The Morgan fingerprint density at radius 3 is 2.36 bits per heavy atom. The molecule has 16 heteroatoms. The van der Waals surface area contributed by atoms with Gasteiger partial charge in [0.2, 0.25) is 11.7 Å². The van der Waals surface area contributed by atoms with Gasteiger partial charge >= 0.3 is 10.2 Å². The molecule has 0 radical (unpaired) electrons. The summed E-state index contributed by atoms with van der Waals surface area (Å²) in [6, 6.07) is 11.5. The van der Waals surface area contributed by atoms with Gasteiger partial charge in [0.1, 0.15) is 11.5 Å². The second kappa shape index (κ2) is 15.6. The number of piperazine rings is 1. The predicted octanol–water partition coefficient (Wildman–Crippen LogP) is 5.32. The molecular weight excluding hydrogens is 729 g/mol. The van der Waals surface area contributed by atoms with Crippen LogP contribution >= 0.6 is 0 Å². The number of aromatic nitrogens is 4. The lowest BCUT2D eigenvalue weighted by atomic mass is 9.74. The van der Waals surface area contributed by atoms with Crippen LogP contribution in [0.5, 0.6) is 0 Å². The number of H-pyrrole nitrogens is 1. The number of carbonyl (C=O) groups excluding carboxylic acids is 1. The molecule has 4 heterocycles. The SMILES string of the molecule is CCN(C)S(=O)(=O)Nc1ccc(F)c(C(=O)c2c[nH]c3ncc(-c4cnc(N5CCN(CCC6(O)CCC(c7ccc(N)cc7)CC6)CC5)nc4)cc23)c1F. The number of benzene rings is 2. The van der Waals surface area contributed by atoms with Crippen molar-refractivity contribution in [2.75, 3.05) is 61.7 Å². The van der Waals surface area contributed by atoms with E-state index in [-0.39, 0.29) is 12.1 Å². The van der Waals surface area contributed by atoms with Crippen LogP contribution in [0.1, 0.15) is 66.4 Å². The average Bonchev–Trinajstić information content (AvgIpc) is 3.62. The summed E-state index contributed by atoms with van der Waals surface area (Å²) in [6.45, 7) is 5.67. The summed E-state index contributed by atoms with van der Waals surface area (Å²) in [5.41, 5.74) is 7.32. The van der Waals surface area contributed by atoms with Crippen molar-refractivity contribution in [1.82, 2.24) is 29.1 Å². The van der Waals surface area contributed by atoms with Crippen molar-refractivity contribution in [3.05, 3.63) is 95.6 Å². The molecular formula is C39H45F2N9O4S. The van der Waals surface area contributed by atoms with Gasteiger partial charge < -0.3 is 20.7 Å². The number of anilines is 3. The van der Waals surface area contributed by atoms with E-state index in [0.717, 1.165) is 87.0 Å². The number of nitrogens with zero attached hydrogens (tertiary/aromatic N) is 6. The number of aromatic amines is 1. The lowest BCUT2D eigenvalue weighted by Gasteiger charge is -2.39. The number of nitrogens with two attached hydrogens (primary N) is 1. The average molecular weight is 774 g/mol. The normalized spacial score (nSPS) is 19.6. The Hall–Kier alpha value is -5.03. The monoisotopic (exact) mass is 773 g/mol. The fourth-order valence-corrected chi connectivity index (χ4v) is 8.32. The number of hydrogen-bond donors (Lipinski definition) is 4. The molecule has 5 N–H and O–H groups in total. The lowest BCUT2D eigenvalue weighted by Crippen LogP contribution is -2.48. The molecule has 1 saturated heterocycles. The van der Waals surface area contributed by atoms with Crippen LogP contribution in [-0.4, -0.2) is 100 Å². The maximum absolute atomic E-state index is 15.6. The van der Waals surface area contributed by atoms with E-state index in [1.807, 2.05) is 12.1 Å². The van der Waals surface area contributed by atoms with Gasteiger partial charge in [0.05, 0.1) is 16.9 Å². The van der Waals surface area contributed by atoms with Crippen molar-refractivity contribution in [1.29, 1.82) is 0 Å². The van der Waals surface area contributed by atoms with Gasteiger partial charge in [0, 0.05) is 98.9 Å². The topological polar surface area (TPSA) is 174 Å². The third kappa shape index (κ3) is 8.17. The minimum atomic E-state index is -4.13. The first-order valence-electron chi connectivity index (χ1n) is 18.5. The zero-order chi connectivity index (χ0) is 38.9. The Morgan fingerprint density at radius 2 is 1.69 bits per heavy atom. The molecule has 0 unspecified atom stereocenters. The summed E-state index contributed by atoms with van der Waals surface area (Å²) in [6.07, 6.45) is 10.5. The van der Waals surface area contributed by atoms with Gasteiger partial charge in [-0.2, -0.15) is 12.7 Å². The fourth-order valence-electron chi connectivity index (χ4n) is 7.39. The fraction of sp³-hybridized carbons (Fsp3) is 0.385. The molecule has 7 rings (SSSR count). The zero-order valence-electron chi connectivity index (χ0n) is 30.8. The van der Waals surface area contributed by atoms with E-state index in [0.29, 0.717) is 34.0 Å². The molecule has 13 nitrogen and oxygen atoms in total. The molecule has 2 aromatic carbocycles. The number of aliphatic hydroxyl groups is 1. The Balaban J connectivity index is 0.970. The summed E-state index contributed by atoms with van der Waals surface area (Å²) in [7, 11) is -2.83. The number of carbonyl (C=O) groups is 1. The number of rotatable bonds is 12. The van der Waals surface area contributed by atoms with Crippen molar-refractivity contribution in [3.8, 4) is 11.1 Å². The van der Waals surface area contributed by atoms with Crippen molar-refractivity contribution in [2.24, 2.45) is 0 Å². The lowest BCUT2D eigenvalue weighted by molar-refractivity contribution is -0.0162. The van der Waals surface area contributed by atoms with Gasteiger partial charge in [-0.1, -0.05) is 19.1 Å². The second-order valence-corrected chi connectivity index (χ2v) is 16.3. The van der Waals surface area contributed by atoms with Gasteiger partial charge in [0.25, 0.3) is 0 Å². The Morgan fingerprint density at radius 1 is 1.02 bits per heavy atom. The van der Waals surface area contributed by atoms with Crippen molar-refractivity contribution < 1.29 is 27.1 Å². The summed E-state index contributed by atoms with van der Waals surface area (Å²) >= 11 is 0. The molecule has 1 aliphatic heterocycles. The maximum atomic E-state index is 15.6. The molecule has 290 valence electrons. The number of fused-ring (bicyclic) bond motifs is 1. The number of halogens is 2. The highest BCUT2D eigenvalue weighted by molar-refractivity contribution is 7.90. The molecule has 0 bridgehead atoms. The zero-order valence-corrected chi connectivity index (χ0v) is 31.6. The van der Waals surface area contributed by atoms with E-state index in [2.05, 4.69) is 46.6 Å². The Bertz CT molecular complexity index is 2270. The van der Waals surface area contributed by atoms with E-state index in [1.165, 1.54) is 18.8 Å². The highest BCUT2D eigenvalue weighted by Gasteiger charge is 2.34. The molecule has 55 heavy (non-hydrogen) atoms. The predicted molar refractivity (Wildman–Crippen MR) is 208 cm³/mol. The van der Waals surface area contributed by atoms with Gasteiger partial charge in [-0.05, 0) is 73.9 Å². The van der Waals surface area contributed by atoms with Crippen LogP contribution in [0.2, 0.25) is 0 Å². The third-order valence-corrected chi connectivity index (χ3v) is 12.6. The van der Waals surface area contributed by atoms with Gasteiger partial charge in [-0.25, -0.2) is 23.7 Å². The summed E-state index contributed by atoms with van der Waals surface area (Å²) in [4.78, 5) is 34.6. The molecule has 2 fully saturated rings. The number of nitrogens with one attached hydrogen (secondary N) is 2. The van der Waals surface area contributed by atoms with Crippen molar-refractivity contribution >= 4 is 44.3 Å². The van der Waals surface area contributed by atoms with Crippen LogP contribution in [0.3, 0.4) is 0 Å². The number of hydrogen-bond acceptors (Lipinski definition) is 10. The maximum Gasteiger partial charge on any atom is 0.301 e. The van der Waals surface area contributed by atoms with Crippen LogP contribution in [-0.2, 0) is 10.2 Å². The van der Waals surface area contributed by atoms with E-state index >= 15 is 4.39 Å². The highest BCUT2D eigenvalue weighted by Crippen LogP contribution is 2.40. The van der Waals surface area contributed by atoms with E-state index < -0.39 is 44.5 Å². The first kappa shape index (κ1) is 38.3. The summed E-state index contributed by atoms with van der Waals surface area (Å²) in [5, 5.41) is 11.7. The Kier molecular flexibility index (Phi) is 10.9. The molecule has 0 atom stereocenters. The van der Waals surface area contributed by atoms with E-state index in [9.17, 15) is 22.7 Å². The Labute approximate surface area is 318 Å². The second-order valence-electron chi connectivity index (χ2n) is 14.5. The number of nitrogen functional groups attached to an aromatic ring is 1. The smallest absolute Gasteiger partial charge is 0.301 e. The number of pyridine rings is 1. The quantitative estimate of drug-likeness (QED) is 0.0960. The first-order valence-corrected chi connectivity index (χ1v) is 19.9. The largest absolute Gasteiger partial charge is 0.399 e. The first-order chi connectivity index (χ1) is 26.3. The highest BCUT2D eigenvalue weighted by atomic mass is 32.2. The molecule has 1 saturated carbocycles. The van der Waals surface area contributed by atoms with Crippen LogP contribution < -0.4 is 15.4 Å². The minimum Gasteiger partial charge on any atom is -0.399 e. The molecule has 5 aromatic rings. The van der Waals surface area contributed by atoms with E-state index in [1.54, 1.807) is 31.6 Å². The molecule has 0 spiro atoms. The van der Waals surface area contributed by atoms with Crippen LogP contribution in [0, 0.1) is 11.6 Å². The minimum absolute atomic E-state index is 0.0405. The van der Waals surface area contributed by atoms with Gasteiger partial charge in [-0.15, -0.1) is 0 Å². The summed E-state index contributed by atoms with van der Waals surface area (Å²) < 4.78 is 58.6. The van der Waals surface area contributed by atoms with E-state index in [4.69, 9.17) is 5.73 Å². The summed E-state index contributed by atoms with van der Waals surface area (Å²) in [5.74, 6) is -2.40. The standard InChI is InChI=1S/C39H45F2N9O4S/c1-3-48(2)55(53,54)47-33-9-8-32(40)34(35(33)41)36(51)31-24-44-37-30(31)20-27(21-43-37)28-22-45-38(46-23-28)50-18-16-49(17-19-50)15-14-39(52)12-10-26(11-13-39)25-4-6-29(42)7-5-25/h4-9,20-24,26,47,52H,3,10-19,42H2,1-2H3,(H,43,44). The van der Waals surface area contributed by atoms with Crippen molar-refractivity contribution in [2.45, 2.75) is 50.5 Å². The van der Waals surface area contributed by atoms with Crippen LogP contribution in [0.25, 0.3) is 22.2 Å². The third-order valence-electron chi connectivity index (χ3n) is 11.0. The molecule has 2 aliphatic rings. The number of ketones is 1. The van der Waals surface area contributed by atoms with Gasteiger partial charge in [0.15, 0.2) is 5.82 Å². The van der Waals surface area contributed by atoms with Crippen LogP contribution in [0.15, 0.2) is 67.3 Å². The van der Waals surface area contributed by atoms with Gasteiger partial charge in [-0.3, -0.25) is 14.4 Å². The van der Waals surface area contributed by atoms with Crippen LogP contribution in [0.4, 0.5) is 26.1 Å².